The lowest BCUT2D eigenvalue weighted by Crippen LogP contribution is -2.45. The van der Waals surface area contributed by atoms with E-state index in [4.69, 9.17) is 11.6 Å². The summed E-state index contributed by atoms with van der Waals surface area (Å²) in [6.07, 6.45) is 5.83. The predicted octanol–water partition coefficient (Wildman–Crippen LogP) is 4.13. The predicted molar refractivity (Wildman–Crippen MR) is 139 cm³/mol. The van der Waals surface area contributed by atoms with Gasteiger partial charge in [0.05, 0.1) is 16.5 Å². The van der Waals surface area contributed by atoms with Crippen LogP contribution in [0.4, 0.5) is 0 Å². The summed E-state index contributed by atoms with van der Waals surface area (Å²) in [5.74, 6) is 0.647. The van der Waals surface area contributed by atoms with Gasteiger partial charge >= 0.3 is 0 Å². The standard InChI is InChI=1S/C24H22ClN7O2S2/c25-16-5-1-2-7-19(16)32-21(15-8-11-26-12-9-15)30-31-24(32)36-14-20-28-18(13-35-20)23(34)29-17-6-3-4-10-27-22(17)33/h1-2,5,7-9,11-13,17H,3-4,6,10,14H2,(H,27,33)(H,29,34). The molecular formula is C24H22ClN7O2S2. The van der Waals surface area contributed by atoms with Crippen molar-refractivity contribution in [2.75, 3.05) is 6.54 Å². The number of para-hydroxylation sites is 1. The molecule has 12 heteroatoms. The van der Waals surface area contributed by atoms with E-state index < -0.39 is 6.04 Å². The number of nitrogens with one attached hydrogen (secondary N) is 2. The Kier molecular flexibility index (Phi) is 7.59. The van der Waals surface area contributed by atoms with Gasteiger partial charge in [0.25, 0.3) is 5.91 Å². The summed E-state index contributed by atoms with van der Waals surface area (Å²) in [4.78, 5) is 33.4. The van der Waals surface area contributed by atoms with Crippen molar-refractivity contribution in [3.05, 3.63) is 69.9 Å². The summed E-state index contributed by atoms with van der Waals surface area (Å²) >= 11 is 9.36. The number of carbonyl (C=O) groups excluding carboxylic acids is 2. The normalized spacial score (nSPS) is 15.8. The van der Waals surface area contributed by atoms with E-state index in [1.165, 1.54) is 23.1 Å². The van der Waals surface area contributed by atoms with Crippen LogP contribution >= 0.6 is 34.7 Å². The molecule has 4 heterocycles. The van der Waals surface area contributed by atoms with Crippen molar-refractivity contribution in [2.45, 2.75) is 36.2 Å². The molecule has 0 spiro atoms. The molecule has 0 saturated carbocycles. The Hall–Kier alpha value is -3.28. The number of benzene rings is 1. The number of pyridine rings is 1. The molecule has 1 unspecified atom stereocenters. The first-order valence-electron chi connectivity index (χ1n) is 11.4. The molecule has 3 aromatic heterocycles. The molecule has 1 aliphatic heterocycles. The molecule has 1 fully saturated rings. The van der Waals surface area contributed by atoms with Crippen molar-refractivity contribution in [1.82, 2.24) is 35.4 Å². The van der Waals surface area contributed by atoms with E-state index in [1.54, 1.807) is 17.8 Å². The summed E-state index contributed by atoms with van der Waals surface area (Å²) in [5, 5.41) is 18.2. The van der Waals surface area contributed by atoms with E-state index in [2.05, 4.69) is 30.8 Å². The van der Waals surface area contributed by atoms with Gasteiger partial charge in [0.2, 0.25) is 5.91 Å². The maximum absolute atomic E-state index is 12.7. The van der Waals surface area contributed by atoms with Crippen molar-refractivity contribution in [2.24, 2.45) is 0 Å². The van der Waals surface area contributed by atoms with Gasteiger partial charge in [0.1, 0.15) is 16.7 Å². The van der Waals surface area contributed by atoms with Crippen LogP contribution in [-0.4, -0.2) is 49.1 Å². The molecular weight excluding hydrogens is 518 g/mol. The van der Waals surface area contributed by atoms with E-state index in [0.717, 1.165) is 29.1 Å². The Bertz CT molecular complexity index is 1380. The number of thiazole rings is 1. The number of hydrogen-bond acceptors (Lipinski definition) is 8. The molecule has 9 nitrogen and oxygen atoms in total. The minimum atomic E-state index is -0.527. The largest absolute Gasteiger partial charge is 0.354 e. The van der Waals surface area contributed by atoms with Gasteiger partial charge in [-0.05, 0) is 43.5 Å². The number of rotatable bonds is 7. The first kappa shape index (κ1) is 24.4. The SMILES string of the molecule is O=C(NC1CCCCNC1=O)c1csc(CSc2nnc(-c3ccncc3)n2-c2ccccc2Cl)n1. The molecule has 0 bridgehead atoms. The van der Waals surface area contributed by atoms with E-state index >= 15 is 0 Å². The average Bonchev–Trinajstić information content (AvgIpc) is 3.49. The molecule has 0 radical (unpaired) electrons. The third-order valence-electron chi connectivity index (χ3n) is 5.61. The van der Waals surface area contributed by atoms with Crippen LogP contribution in [-0.2, 0) is 10.5 Å². The molecule has 1 aliphatic rings. The summed E-state index contributed by atoms with van der Waals surface area (Å²) < 4.78 is 1.91. The monoisotopic (exact) mass is 539 g/mol. The Morgan fingerprint density at radius 2 is 2.03 bits per heavy atom. The number of aromatic nitrogens is 5. The molecule has 4 aromatic rings. The van der Waals surface area contributed by atoms with Crippen LogP contribution in [0.1, 0.15) is 34.8 Å². The Morgan fingerprint density at radius 3 is 2.86 bits per heavy atom. The lowest BCUT2D eigenvalue weighted by atomic mass is 10.1. The molecule has 184 valence electrons. The van der Waals surface area contributed by atoms with Crippen molar-refractivity contribution in [3.8, 4) is 17.1 Å². The van der Waals surface area contributed by atoms with Crippen molar-refractivity contribution < 1.29 is 9.59 Å². The fraction of sp³-hybridized carbons (Fsp3) is 0.250. The maximum atomic E-state index is 12.7. The summed E-state index contributed by atoms with van der Waals surface area (Å²) in [6, 6.07) is 10.7. The molecule has 36 heavy (non-hydrogen) atoms. The van der Waals surface area contributed by atoms with Gasteiger partial charge < -0.3 is 10.6 Å². The summed E-state index contributed by atoms with van der Waals surface area (Å²) in [7, 11) is 0. The fourth-order valence-corrected chi connectivity index (χ4v) is 5.78. The average molecular weight is 540 g/mol. The van der Waals surface area contributed by atoms with E-state index in [0.29, 0.717) is 40.4 Å². The van der Waals surface area contributed by atoms with Crippen LogP contribution in [0.3, 0.4) is 0 Å². The van der Waals surface area contributed by atoms with Gasteiger partial charge in [0, 0.05) is 29.9 Å². The van der Waals surface area contributed by atoms with Crippen LogP contribution in [0.5, 0.6) is 0 Å². The fourth-order valence-electron chi connectivity index (χ4n) is 3.82. The van der Waals surface area contributed by atoms with Crippen LogP contribution < -0.4 is 10.6 Å². The Labute approximate surface area is 220 Å². The van der Waals surface area contributed by atoms with Gasteiger partial charge in [-0.15, -0.1) is 21.5 Å². The third kappa shape index (κ3) is 5.43. The highest BCUT2D eigenvalue weighted by atomic mass is 35.5. The Balaban J connectivity index is 1.33. The van der Waals surface area contributed by atoms with E-state index in [9.17, 15) is 9.59 Å². The highest BCUT2D eigenvalue weighted by Crippen LogP contribution is 2.32. The number of carbonyl (C=O) groups is 2. The summed E-state index contributed by atoms with van der Waals surface area (Å²) in [6.45, 7) is 0.644. The van der Waals surface area contributed by atoms with Gasteiger partial charge in [-0.3, -0.25) is 19.1 Å². The lowest BCUT2D eigenvalue weighted by molar-refractivity contribution is -0.122. The number of amides is 2. The van der Waals surface area contributed by atoms with Crippen LogP contribution in [0.2, 0.25) is 5.02 Å². The van der Waals surface area contributed by atoms with E-state index in [1.807, 2.05) is 41.0 Å². The number of thioether (sulfide) groups is 1. The minimum Gasteiger partial charge on any atom is -0.354 e. The molecule has 1 aromatic carbocycles. The second-order valence-corrected chi connectivity index (χ2v) is 10.3. The van der Waals surface area contributed by atoms with Crippen molar-refractivity contribution in [1.29, 1.82) is 0 Å². The third-order valence-corrected chi connectivity index (χ3v) is 7.91. The first-order chi connectivity index (χ1) is 17.6. The quantitative estimate of drug-likeness (QED) is 0.339. The van der Waals surface area contributed by atoms with Crippen molar-refractivity contribution in [3.63, 3.8) is 0 Å². The first-order valence-corrected chi connectivity index (χ1v) is 13.6. The van der Waals surface area contributed by atoms with Gasteiger partial charge in [0.15, 0.2) is 11.0 Å². The summed E-state index contributed by atoms with van der Waals surface area (Å²) in [5.41, 5.74) is 1.93. The van der Waals surface area contributed by atoms with Gasteiger partial charge in [-0.1, -0.05) is 35.5 Å². The number of halogens is 1. The zero-order valence-corrected chi connectivity index (χ0v) is 21.4. The molecule has 0 aliphatic carbocycles. The minimum absolute atomic E-state index is 0.143. The second kappa shape index (κ2) is 11.2. The van der Waals surface area contributed by atoms with Crippen LogP contribution in [0, 0.1) is 0 Å². The number of hydrogen-bond donors (Lipinski definition) is 2. The zero-order valence-electron chi connectivity index (χ0n) is 19.1. The molecule has 5 rings (SSSR count). The molecule has 2 N–H and O–H groups in total. The highest BCUT2D eigenvalue weighted by Gasteiger charge is 2.24. The lowest BCUT2D eigenvalue weighted by Gasteiger charge is -2.14. The molecule has 2 amide bonds. The number of nitrogens with zero attached hydrogens (tertiary/aromatic N) is 5. The second-order valence-electron chi connectivity index (χ2n) is 8.06. The highest BCUT2D eigenvalue weighted by molar-refractivity contribution is 7.98. The van der Waals surface area contributed by atoms with Gasteiger partial charge in [-0.25, -0.2) is 4.98 Å². The topological polar surface area (TPSA) is 115 Å². The molecule has 1 saturated heterocycles. The molecule has 1 atom stereocenters. The van der Waals surface area contributed by atoms with Crippen molar-refractivity contribution >= 4 is 46.5 Å². The van der Waals surface area contributed by atoms with E-state index in [-0.39, 0.29) is 11.8 Å². The smallest absolute Gasteiger partial charge is 0.271 e. The zero-order chi connectivity index (χ0) is 24.9. The van der Waals surface area contributed by atoms with Gasteiger partial charge in [-0.2, -0.15) is 0 Å². The maximum Gasteiger partial charge on any atom is 0.271 e. The Morgan fingerprint density at radius 1 is 1.19 bits per heavy atom. The van der Waals surface area contributed by atoms with Crippen LogP contribution in [0.25, 0.3) is 17.1 Å². The van der Waals surface area contributed by atoms with Crippen LogP contribution in [0.15, 0.2) is 59.3 Å².